The van der Waals surface area contributed by atoms with E-state index in [1.54, 1.807) is 37.3 Å². The van der Waals surface area contributed by atoms with Crippen molar-refractivity contribution in [2.45, 2.75) is 13.0 Å². The number of ether oxygens (including phenoxy) is 2. The predicted molar refractivity (Wildman–Crippen MR) is 96.3 cm³/mol. The van der Waals surface area contributed by atoms with Gasteiger partial charge in [-0.3, -0.25) is 9.59 Å². The number of hydrogen-bond donors (Lipinski definition) is 1. The fourth-order valence-electron chi connectivity index (χ4n) is 1.91. The molecular weight excluding hydrogens is 398 g/mol. The first-order chi connectivity index (χ1) is 11.4. The van der Waals surface area contributed by atoms with E-state index in [-0.39, 0.29) is 5.91 Å². The average Bonchev–Trinajstić information content (AvgIpc) is 2.57. The van der Waals surface area contributed by atoms with Gasteiger partial charge in [-0.15, -0.1) is 0 Å². The van der Waals surface area contributed by atoms with Crippen LogP contribution in [0.25, 0.3) is 0 Å². The van der Waals surface area contributed by atoms with Gasteiger partial charge in [0.1, 0.15) is 0 Å². The first kappa shape index (κ1) is 18.3. The summed E-state index contributed by atoms with van der Waals surface area (Å²) in [6.07, 6.45) is -0.107. The number of carbonyl (C=O) groups is 2. The van der Waals surface area contributed by atoms with E-state index in [0.29, 0.717) is 38.5 Å². The second-order valence-corrected chi connectivity index (χ2v) is 6.19. The highest BCUT2D eigenvalue weighted by Gasteiger charge is 2.18. The van der Waals surface area contributed by atoms with Crippen molar-refractivity contribution in [2.24, 2.45) is 0 Å². The maximum absolute atomic E-state index is 12.2. The second-order valence-electron chi connectivity index (χ2n) is 4.90. The molecule has 0 fully saturated rings. The molecule has 0 aliphatic carbocycles. The molecule has 2 aromatic rings. The zero-order valence-electron chi connectivity index (χ0n) is 13.0. The first-order valence-corrected chi connectivity index (χ1v) is 8.17. The Kier molecular flexibility index (Phi) is 6.23. The van der Waals surface area contributed by atoms with Gasteiger partial charge in [0, 0.05) is 20.7 Å². The normalized spacial score (nSPS) is 11.5. The van der Waals surface area contributed by atoms with Crippen LogP contribution < -0.4 is 14.8 Å². The van der Waals surface area contributed by atoms with E-state index in [0.717, 1.165) is 0 Å². The van der Waals surface area contributed by atoms with E-state index >= 15 is 0 Å². The summed E-state index contributed by atoms with van der Waals surface area (Å²) in [6.45, 7) is 1.60. The number of amides is 1. The summed E-state index contributed by atoms with van der Waals surface area (Å²) in [4.78, 5) is 23.3. The molecule has 2 aromatic carbocycles. The minimum atomic E-state index is -0.796. The fourth-order valence-corrected chi connectivity index (χ4v) is 2.46. The van der Waals surface area contributed by atoms with Crippen molar-refractivity contribution in [3.63, 3.8) is 0 Å². The number of halogens is 2. The van der Waals surface area contributed by atoms with Gasteiger partial charge in [-0.2, -0.15) is 0 Å². The number of nitrogens with one attached hydrogen (secondary N) is 1. The van der Waals surface area contributed by atoms with Crippen molar-refractivity contribution in [1.29, 1.82) is 0 Å². The molecule has 24 heavy (non-hydrogen) atoms. The van der Waals surface area contributed by atoms with Gasteiger partial charge in [-0.1, -0.05) is 11.6 Å². The number of rotatable bonds is 6. The van der Waals surface area contributed by atoms with Crippen molar-refractivity contribution < 1.29 is 19.1 Å². The molecule has 0 aliphatic heterocycles. The zero-order valence-corrected chi connectivity index (χ0v) is 15.3. The summed E-state index contributed by atoms with van der Waals surface area (Å²) in [5, 5.41) is 3.31. The molecule has 1 N–H and O–H groups in total. The highest BCUT2D eigenvalue weighted by molar-refractivity contribution is 9.10. The molecule has 0 radical (unpaired) electrons. The number of hydrogen-bond acceptors (Lipinski definition) is 4. The standard InChI is InChI=1S/C17H15BrClNO4/c1-10(17(22)20-13-5-3-12(19)4-6-13)24-16-7-11(9-21)14(18)8-15(16)23-2/h3-10H,1-2H3,(H,20,22)/t10-/m1/s1. The van der Waals surface area contributed by atoms with Crippen LogP contribution in [0, 0.1) is 0 Å². The maximum Gasteiger partial charge on any atom is 0.265 e. The highest BCUT2D eigenvalue weighted by Crippen LogP contribution is 2.33. The molecule has 0 heterocycles. The molecule has 0 saturated heterocycles. The largest absolute Gasteiger partial charge is 0.493 e. The monoisotopic (exact) mass is 411 g/mol. The molecular formula is C17H15BrClNO4. The smallest absolute Gasteiger partial charge is 0.265 e. The van der Waals surface area contributed by atoms with Gasteiger partial charge in [0.05, 0.1) is 7.11 Å². The Labute approximate surface area is 153 Å². The lowest BCUT2D eigenvalue weighted by atomic mass is 10.2. The zero-order chi connectivity index (χ0) is 17.7. The summed E-state index contributed by atoms with van der Waals surface area (Å²) in [6, 6.07) is 9.87. The summed E-state index contributed by atoms with van der Waals surface area (Å²) in [5.41, 5.74) is 1.01. The maximum atomic E-state index is 12.2. The van der Waals surface area contributed by atoms with Gasteiger partial charge in [-0.25, -0.2) is 0 Å². The second kappa shape index (κ2) is 8.17. The third-order valence-electron chi connectivity index (χ3n) is 3.19. The van der Waals surface area contributed by atoms with Gasteiger partial charge in [0.25, 0.3) is 5.91 Å². The van der Waals surface area contributed by atoms with Gasteiger partial charge in [0.15, 0.2) is 23.9 Å². The first-order valence-electron chi connectivity index (χ1n) is 7.00. The number of methoxy groups -OCH3 is 1. The van der Waals surface area contributed by atoms with Crippen molar-refractivity contribution in [2.75, 3.05) is 12.4 Å². The molecule has 1 amide bonds. The van der Waals surface area contributed by atoms with Gasteiger partial charge in [-0.05, 0) is 59.3 Å². The Bertz CT molecular complexity index is 749. The number of aldehydes is 1. The van der Waals surface area contributed by atoms with Crippen molar-refractivity contribution in [1.82, 2.24) is 0 Å². The minimum Gasteiger partial charge on any atom is -0.493 e. The summed E-state index contributed by atoms with van der Waals surface area (Å²) >= 11 is 9.08. The third-order valence-corrected chi connectivity index (χ3v) is 4.13. The Morgan fingerprint density at radius 3 is 2.50 bits per heavy atom. The molecule has 0 aromatic heterocycles. The van der Waals surface area contributed by atoms with E-state index in [1.807, 2.05) is 0 Å². The van der Waals surface area contributed by atoms with E-state index in [2.05, 4.69) is 21.2 Å². The molecule has 7 heteroatoms. The topological polar surface area (TPSA) is 64.6 Å². The fraction of sp³-hybridized carbons (Fsp3) is 0.176. The summed E-state index contributed by atoms with van der Waals surface area (Å²) in [7, 11) is 1.48. The van der Waals surface area contributed by atoms with Crippen LogP contribution in [0.3, 0.4) is 0 Å². The quantitative estimate of drug-likeness (QED) is 0.717. The van der Waals surface area contributed by atoms with Crippen LogP contribution in [0.15, 0.2) is 40.9 Å². The Morgan fingerprint density at radius 1 is 1.25 bits per heavy atom. The number of anilines is 1. The number of benzene rings is 2. The van der Waals surface area contributed by atoms with Crippen molar-refractivity contribution in [3.05, 3.63) is 51.5 Å². The molecule has 0 aliphatic rings. The van der Waals surface area contributed by atoms with E-state index in [9.17, 15) is 9.59 Å². The van der Waals surface area contributed by atoms with Gasteiger partial charge >= 0.3 is 0 Å². The van der Waals surface area contributed by atoms with Crippen LogP contribution in [0.1, 0.15) is 17.3 Å². The van der Waals surface area contributed by atoms with Crippen molar-refractivity contribution >= 4 is 45.4 Å². The molecule has 0 unspecified atom stereocenters. The molecule has 2 rings (SSSR count). The lowest BCUT2D eigenvalue weighted by molar-refractivity contribution is -0.122. The van der Waals surface area contributed by atoms with E-state index in [1.165, 1.54) is 13.2 Å². The van der Waals surface area contributed by atoms with Crippen LogP contribution >= 0.6 is 27.5 Å². The molecule has 0 saturated carbocycles. The van der Waals surface area contributed by atoms with Crippen LogP contribution in [-0.2, 0) is 4.79 Å². The summed E-state index contributed by atoms with van der Waals surface area (Å²) in [5.74, 6) is 0.384. The van der Waals surface area contributed by atoms with Crippen LogP contribution in [0.4, 0.5) is 5.69 Å². The SMILES string of the molecule is COc1cc(Br)c(C=O)cc1O[C@H](C)C(=O)Nc1ccc(Cl)cc1. The van der Waals surface area contributed by atoms with E-state index in [4.69, 9.17) is 21.1 Å². The Balaban J connectivity index is 2.13. The van der Waals surface area contributed by atoms with Crippen LogP contribution in [-0.4, -0.2) is 25.4 Å². The Morgan fingerprint density at radius 2 is 1.92 bits per heavy atom. The highest BCUT2D eigenvalue weighted by atomic mass is 79.9. The van der Waals surface area contributed by atoms with Gasteiger partial charge in [0.2, 0.25) is 0 Å². The van der Waals surface area contributed by atoms with Crippen LogP contribution in [0.5, 0.6) is 11.5 Å². The third kappa shape index (κ3) is 4.49. The van der Waals surface area contributed by atoms with Crippen molar-refractivity contribution in [3.8, 4) is 11.5 Å². The van der Waals surface area contributed by atoms with Gasteiger partial charge < -0.3 is 14.8 Å². The summed E-state index contributed by atoms with van der Waals surface area (Å²) < 4.78 is 11.5. The van der Waals surface area contributed by atoms with Crippen LogP contribution in [0.2, 0.25) is 5.02 Å². The predicted octanol–water partition coefficient (Wildman–Crippen LogP) is 4.33. The molecule has 0 bridgehead atoms. The lowest BCUT2D eigenvalue weighted by Crippen LogP contribution is -2.30. The minimum absolute atomic E-state index is 0.307. The number of carbonyl (C=O) groups excluding carboxylic acids is 2. The molecule has 126 valence electrons. The molecule has 1 atom stereocenters. The van der Waals surface area contributed by atoms with E-state index < -0.39 is 6.10 Å². The average molecular weight is 413 g/mol. The molecule has 0 spiro atoms. The molecule has 5 nitrogen and oxygen atoms in total. The Hall–Kier alpha value is -2.05. The lowest BCUT2D eigenvalue weighted by Gasteiger charge is -2.17.